The molecule has 2 rings (SSSR count). The van der Waals surface area contributed by atoms with E-state index in [1.165, 1.54) is 6.20 Å². The highest BCUT2D eigenvalue weighted by molar-refractivity contribution is 5.77. The van der Waals surface area contributed by atoms with E-state index in [1.807, 2.05) is 11.9 Å². The third-order valence-electron chi connectivity index (χ3n) is 3.51. The summed E-state index contributed by atoms with van der Waals surface area (Å²) in [5.74, 6) is 1.35. The average Bonchev–Trinajstić information content (AvgIpc) is 2.60. The van der Waals surface area contributed by atoms with Crippen LogP contribution in [0.15, 0.2) is 36.7 Å². The molecule has 0 bridgehead atoms. The van der Waals surface area contributed by atoms with Gasteiger partial charge in [0, 0.05) is 20.1 Å². The quantitative estimate of drug-likeness (QED) is 0.608. The average molecular weight is 357 g/mol. The van der Waals surface area contributed by atoms with Gasteiger partial charge in [-0.25, -0.2) is 0 Å². The van der Waals surface area contributed by atoms with Gasteiger partial charge in [-0.1, -0.05) is 12.1 Å². The van der Waals surface area contributed by atoms with Crippen LogP contribution in [0.3, 0.4) is 0 Å². The lowest BCUT2D eigenvalue weighted by Crippen LogP contribution is -2.32. The fourth-order valence-electron chi connectivity index (χ4n) is 2.19. The number of carbonyl (C=O) groups is 2. The van der Waals surface area contributed by atoms with Crippen molar-refractivity contribution in [2.45, 2.75) is 13.3 Å². The Morgan fingerprint density at radius 1 is 1.23 bits per heavy atom. The van der Waals surface area contributed by atoms with Gasteiger partial charge in [-0.15, -0.1) is 0 Å². The van der Waals surface area contributed by atoms with Gasteiger partial charge in [-0.05, 0) is 24.6 Å². The van der Waals surface area contributed by atoms with Crippen LogP contribution < -0.4 is 20.7 Å². The third kappa shape index (κ3) is 6.48. The minimum Gasteiger partial charge on any atom is -0.437 e. The number of likely N-dealkylation sites (N-methyl/N-ethyl adjacent to an activating group) is 1. The molecule has 0 radical (unpaired) electrons. The van der Waals surface area contributed by atoms with Crippen LogP contribution in [0.25, 0.3) is 0 Å². The van der Waals surface area contributed by atoms with Crippen LogP contribution in [0.2, 0.25) is 0 Å². The van der Waals surface area contributed by atoms with Crippen molar-refractivity contribution in [2.24, 2.45) is 5.73 Å². The number of hydrogen-bond acceptors (Lipinski definition) is 7. The molecule has 0 spiro atoms. The number of primary amides is 1. The van der Waals surface area contributed by atoms with E-state index in [9.17, 15) is 9.59 Å². The first kappa shape index (κ1) is 19.3. The molecular formula is C18H23N5O3. The fraction of sp³-hybridized carbons (Fsp3) is 0.333. The number of Topliss-reactive ketones (excluding diaryl/α,β-unsaturated/α-hetero) is 1. The van der Waals surface area contributed by atoms with Crippen molar-refractivity contribution in [3.8, 4) is 11.6 Å². The summed E-state index contributed by atoms with van der Waals surface area (Å²) in [7, 11) is 1.89. The fourth-order valence-corrected chi connectivity index (χ4v) is 2.19. The molecule has 1 heterocycles. The molecule has 2 aromatic rings. The monoisotopic (exact) mass is 357 g/mol. The molecular weight excluding hydrogens is 334 g/mol. The maximum absolute atomic E-state index is 10.9. The molecule has 138 valence electrons. The molecule has 0 unspecified atom stereocenters. The second-order valence-corrected chi connectivity index (χ2v) is 5.90. The highest BCUT2D eigenvalue weighted by Crippen LogP contribution is 2.21. The van der Waals surface area contributed by atoms with E-state index in [-0.39, 0.29) is 18.1 Å². The molecule has 1 amide bonds. The van der Waals surface area contributed by atoms with Crippen molar-refractivity contribution >= 4 is 17.5 Å². The van der Waals surface area contributed by atoms with Crippen LogP contribution in [0.1, 0.15) is 12.5 Å². The molecule has 0 aliphatic carbocycles. The van der Waals surface area contributed by atoms with E-state index in [0.717, 1.165) is 5.56 Å². The number of amides is 1. The van der Waals surface area contributed by atoms with Gasteiger partial charge in [-0.2, -0.15) is 4.98 Å². The van der Waals surface area contributed by atoms with Gasteiger partial charge in [-0.3, -0.25) is 14.6 Å². The molecule has 8 nitrogen and oxygen atoms in total. The molecule has 0 fully saturated rings. The Bertz CT molecular complexity index is 749. The largest absolute Gasteiger partial charge is 0.437 e. The molecule has 0 aliphatic heterocycles. The molecule has 0 atom stereocenters. The first-order valence-corrected chi connectivity index (χ1v) is 8.22. The van der Waals surface area contributed by atoms with Gasteiger partial charge in [0.05, 0.1) is 25.4 Å². The number of aromatic nitrogens is 2. The first-order valence-electron chi connectivity index (χ1n) is 8.22. The van der Waals surface area contributed by atoms with Crippen LogP contribution >= 0.6 is 0 Å². The van der Waals surface area contributed by atoms with Gasteiger partial charge >= 0.3 is 0 Å². The normalized spacial score (nSPS) is 10.4. The van der Waals surface area contributed by atoms with E-state index in [1.54, 1.807) is 37.4 Å². The number of benzene rings is 1. The molecule has 26 heavy (non-hydrogen) atoms. The third-order valence-corrected chi connectivity index (χ3v) is 3.51. The Labute approximate surface area is 152 Å². The van der Waals surface area contributed by atoms with E-state index in [2.05, 4.69) is 15.3 Å². The van der Waals surface area contributed by atoms with Crippen molar-refractivity contribution in [3.63, 3.8) is 0 Å². The van der Waals surface area contributed by atoms with Crippen molar-refractivity contribution < 1.29 is 14.3 Å². The maximum Gasteiger partial charge on any atom is 0.239 e. The summed E-state index contributed by atoms with van der Waals surface area (Å²) < 4.78 is 5.71. The molecule has 3 N–H and O–H groups in total. The van der Waals surface area contributed by atoms with Crippen LogP contribution in [-0.2, 0) is 16.0 Å². The summed E-state index contributed by atoms with van der Waals surface area (Å²) in [5, 5.41) is 3.06. The molecule has 1 aromatic carbocycles. The lowest BCUT2D eigenvalue weighted by atomic mass is 10.1. The number of hydrogen-bond donors (Lipinski definition) is 2. The van der Waals surface area contributed by atoms with Crippen LogP contribution in [-0.4, -0.2) is 48.3 Å². The van der Waals surface area contributed by atoms with Crippen LogP contribution in [0.5, 0.6) is 11.6 Å². The van der Waals surface area contributed by atoms with Gasteiger partial charge in [0.1, 0.15) is 11.5 Å². The summed E-state index contributed by atoms with van der Waals surface area (Å²) in [6, 6.07) is 7.07. The summed E-state index contributed by atoms with van der Waals surface area (Å²) in [5.41, 5.74) is 6.00. The lowest BCUT2D eigenvalue weighted by Gasteiger charge is -2.18. The molecule has 0 saturated heterocycles. The minimum atomic E-state index is -0.377. The van der Waals surface area contributed by atoms with Crippen molar-refractivity contribution in [1.82, 2.24) is 15.3 Å². The highest BCUT2D eigenvalue weighted by atomic mass is 16.5. The topological polar surface area (TPSA) is 110 Å². The van der Waals surface area contributed by atoms with E-state index in [4.69, 9.17) is 10.5 Å². The van der Waals surface area contributed by atoms with Crippen LogP contribution in [0, 0.1) is 0 Å². The minimum absolute atomic E-state index is 0.102. The molecule has 0 aliphatic rings. The zero-order valence-electron chi connectivity index (χ0n) is 14.9. The standard InChI is InChI=1S/C18H23N5O3/c1-13(24)10-20-7-8-23(2)17-11-21-12-18(22-17)26-15-5-3-14(4-6-15)9-16(19)25/h3-6,11-12,20H,7-10H2,1-2H3,(H2,19,25). The predicted molar refractivity (Wildman–Crippen MR) is 98.3 cm³/mol. The highest BCUT2D eigenvalue weighted by Gasteiger charge is 2.07. The smallest absolute Gasteiger partial charge is 0.239 e. The zero-order chi connectivity index (χ0) is 18.9. The molecule has 1 aromatic heterocycles. The van der Waals surface area contributed by atoms with Gasteiger partial charge in [0.25, 0.3) is 0 Å². The number of carbonyl (C=O) groups excluding carboxylic acids is 2. The van der Waals surface area contributed by atoms with Crippen molar-refractivity contribution in [2.75, 3.05) is 31.6 Å². The Hall–Kier alpha value is -3.00. The number of ether oxygens (including phenoxy) is 1. The lowest BCUT2D eigenvalue weighted by molar-refractivity contribution is -0.117. The number of nitrogens with two attached hydrogens (primary N) is 1. The SMILES string of the molecule is CC(=O)CNCCN(C)c1cncc(Oc2ccc(CC(N)=O)cc2)n1. The number of nitrogens with one attached hydrogen (secondary N) is 1. The van der Waals surface area contributed by atoms with E-state index >= 15 is 0 Å². The number of anilines is 1. The maximum atomic E-state index is 10.9. The molecule has 0 saturated carbocycles. The van der Waals surface area contributed by atoms with E-state index in [0.29, 0.717) is 37.1 Å². The second kappa shape index (κ2) is 9.47. The van der Waals surface area contributed by atoms with Crippen molar-refractivity contribution in [3.05, 3.63) is 42.2 Å². The summed E-state index contributed by atoms with van der Waals surface area (Å²) in [6.45, 7) is 3.23. The summed E-state index contributed by atoms with van der Waals surface area (Å²) in [6.07, 6.45) is 3.37. The van der Waals surface area contributed by atoms with E-state index < -0.39 is 0 Å². The Kier molecular flexibility index (Phi) is 7.04. The van der Waals surface area contributed by atoms with Gasteiger partial charge < -0.3 is 20.7 Å². The zero-order valence-corrected chi connectivity index (χ0v) is 14.9. The number of nitrogens with zero attached hydrogens (tertiary/aromatic N) is 3. The second-order valence-electron chi connectivity index (χ2n) is 5.90. The summed E-state index contributed by atoms with van der Waals surface area (Å²) >= 11 is 0. The first-order chi connectivity index (χ1) is 12.4. The Morgan fingerprint density at radius 3 is 2.62 bits per heavy atom. The predicted octanol–water partition coefficient (Wildman–Crippen LogP) is 0.911. The van der Waals surface area contributed by atoms with Crippen molar-refractivity contribution in [1.29, 1.82) is 0 Å². The Morgan fingerprint density at radius 2 is 1.96 bits per heavy atom. The van der Waals surface area contributed by atoms with Gasteiger partial charge in [0.2, 0.25) is 11.8 Å². The van der Waals surface area contributed by atoms with Crippen LogP contribution in [0.4, 0.5) is 5.82 Å². The molecule has 8 heteroatoms. The summed E-state index contributed by atoms with van der Waals surface area (Å²) in [4.78, 5) is 32.3. The van der Waals surface area contributed by atoms with Gasteiger partial charge in [0.15, 0.2) is 5.82 Å². The Balaban J connectivity index is 1.93. The number of ketones is 1. The number of rotatable bonds is 10.